The van der Waals surface area contributed by atoms with Crippen molar-refractivity contribution >= 4 is 24.3 Å². The minimum Gasteiger partial charge on any atom is -0.493 e. The van der Waals surface area contributed by atoms with Crippen molar-refractivity contribution in [3.8, 4) is 5.75 Å². The number of halogens is 1. The van der Waals surface area contributed by atoms with E-state index in [-0.39, 0.29) is 24.3 Å². The van der Waals surface area contributed by atoms with Crippen LogP contribution in [0.4, 0.5) is 0 Å². The second kappa shape index (κ2) is 10.0. The second-order valence-electron chi connectivity index (χ2n) is 8.92. The minimum absolute atomic E-state index is 0. The Morgan fingerprint density at radius 2 is 1.60 bits per heavy atom. The maximum atomic E-state index is 12.8. The molecule has 0 radical (unpaired) electrons. The van der Waals surface area contributed by atoms with Gasteiger partial charge in [-0.2, -0.15) is 0 Å². The molecule has 1 amide bonds. The van der Waals surface area contributed by atoms with Crippen molar-refractivity contribution in [2.75, 3.05) is 46.4 Å². The van der Waals surface area contributed by atoms with Crippen LogP contribution in [0.25, 0.3) is 0 Å². The molecule has 0 aliphatic carbocycles. The van der Waals surface area contributed by atoms with E-state index in [1.807, 2.05) is 29.2 Å². The van der Waals surface area contributed by atoms with E-state index < -0.39 is 0 Å². The fraction of sp³-hybridized carbons (Fsp3) is 0.652. The molecule has 0 spiro atoms. The van der Waals surface area contributed by atoms with Gasteiger partial charge in [-0.05, 0) is 81.9 Å². The molecule has 2 bridgehead atoms. The van der Waals surface area contributed by atoms with Crippen LogP contribution < -0.4 is 4.74 Å². The van der Waals surface area contributed by atoms with E-state index in [0.717, 1.165) is 25.2 Å². The molecule has 6 nitrogen and oxygen atoms in total. The highest BCUT2D eigenvalue weighted by Crippen LogP contribution is 2.40. The lowest BCUT2D eigenvalue weighted by Crippen LogP contribution is -2.50. The van der Waals surface area contributed by atoms with Crippen LogP contribution in [0.5, 0.6) is 5.75 Å². The maximum absolute atomic E-state index is 12.8. The van der Waals surface area contributed by atoms with Crippen molar-refractivity contribution in [1.29, 1.82) is 0 Å². The number of hydrogen-bond acceptors (Lipinski definition) is 5. The van der Waals surface area contributed by atoms with Crippen molar-refractivity contribution in [2.45, 2.75) is 38.5 Å². The average molecular weight is 437 g/mol. The van der Waals surface area contributed by atoms with Gasteiger partial charge in [-0.25, -0.2) is 0 Å². The van der Waals surface area contributed by atoms with Gasteiger partial charge < -0.3 is 19.3 Å². The summed E-state index contributed by atoms with van der Waals surface area (Å²) in [6.45, 7) is 5.77. The SMILES string of the molecule is COC(=O)CC1CCN(C(=O)c2ccc(OCC34CCN(CC3)CC4)cc2)CC1.Cl. The summed E-state index contributed by atoms with van der Waals surface area (Å²) in [5.74, 6) is 1.06. The number of hydrogen-bond donors (Lipinski definition) is 0. The standard InChI is InChI=1S/C23H32N2O4.ClH/c1-28-21(26)16-18-6-11-25(12-7-18)22(27)19-2-4-20(5-3-19)29-17-23-8-13-24(14-9-23)15-10-23;/h2-5,18H,6-17H2,1H3;1H. The van der Waals surface area contributed by atoms with Gasteiger partial charge in [-0.3, -0.25) is 9.59 Å². The first-order chi connectivity index (χ1) is 14.1. The number of amides is 1. The smallest absolute Gasteiger partial charge is 0.305 e. The summed E-state index contributed by atoms with van der Waals surface area (Å²) in [7, 11) is 1.42. The van der Waals surface area contributed by atoms with E-state index in [1.165, 1.54) is 46.0 Å². The number of fused-ring (bicyclic) bond motifs is 3. The van der Waals surface area contributed by atoms with Gasteiger partial charge in [0.2, 0.25) is 0 Å². The highest BCUT2D eigenvalue weighted by atomic mass is 35.5. The number of piperidine rings is 4. The molecule has 166 valence electrons. The lowest BCUT2D eigenvalue weighted by Gasteiger charge is -2.48. The van der Waals surface area contributed by atoms with Crippen molar-refractivity contribution in [2.24, 2.45) is 11.3 Å². The lowest BCUT2D eigenvalue weighted by molar-refractivity contribution is -0.142. The van der Waals surface area contributed by atoms with Crippen LogP contribution in [0.15, 0.2) is 24.3 Å². The molecule has 0 unspecified atom stereocenters. The first kappa shape index (κ1) is 22.9. The summed E-state index contributed by atoms with van der Waals surface area (Å²) in [4.78, 5) is 28.6. The number of ether oxygens (including phenoxy) is 2. The van der Waals surface area contributed by atoms with Gasteiger partial charge in [0.05, 0.1) is 13.7 Å². The van der Waals surface area contributed by atoms with Gasteiger partial charge in [0.1, 0.15) is 5.75 Å². The summed E-state index contributed by atoms with van der Waals surface area (Å²) in [5.41, 5.74) is 1.05. The van der Waals surface area contributed by atoms with E-state index >= 15 is 0 Å². The van der Waals surface area contributed by atoms with E-state index in [4.69, 9.17) is 9.47 Å². The van der Waals surface area contributed by atoms with Gasteiger partial charge in [-0.15, -0.1) is 12.4 Å². The van der Waals surface area contributed by atoms with Gasteiger partial charge in [0.25, 0.3) is 5.91 Å². The Balaban J connectivity index is 0.00000256. The van der Waals surface area contributed by atoms with Crippen molar-refractivity contribution in [3.05, 3.63) is 29.8 Å². The predicted molar refractivity (Wildman–Crippen MR) is 117 cm³/mol. The summed E-state index contributed by atoms with van der Waals surface area (Å²) < 4.78 is 10.9. The Bertz CT molecular complexity index is 709. The Hall–Kier alpha value is -1.79. The van der Waals surface area contributed by atoms with Crippen LogP contribution in [0.1, 0.15) is 48.9 Å². The molecule has 0 atom stereocenters. The fourth-order valence-electron chi connectivity index (χ4n) is 4.88. The molecule has 1 aromatic carbocycles. The molecule has 5 rings (SSSR count). The Morgan fingerprint density at radius 3 is 2.17 bits per heavy atom. The van der Waals surface area contributed by atoms with Gasteiger partial charge in [-0.1, -0.05) is 0 Å². The van der Waals surface area contributed by atoms with Crippen LogP contribution in [0.2, 0.25) is 0 Å². The summed E-state index contributed by atoms with van der Waals surface area (Å²) >= 11 is 0. The molecular formula is C23H33ClN2O4. The Morgan fingerprint density at radius 1 is 1.00 bits per heavy atom. The minimum atomic E-state index is -0.163. The quantitative estimate of drug-likeness (QED) is 0.640. The molecule has 0 N–H and O–H groups in total. The van der Waals surface area contributed by atoms with Crippen molar-refractivity contribution in [1.82, 2.24) is 9.80 Å². The monoisotopic (exact) mass is 436 g/mol. The molecule has 7 heteroatoms. The Kier molecular flexibility index (Phi) is 7.64. The summed E-state index contributed by atoms with van der Waals surface area (Å²) in [6.07, 6.45) is 5.84. The zero-order valence-electron chi connectivity index (χ0n) is 17.8. The number of carbonyl (C=O) groups is 2. The molecule has 4 fully saturated rings. The average Bonchev–Trinajstić information content (AvgIpc) is 2.79. The normalized spacial score (nSPS) is 26.0. The number of carbonyl (C=O) groups excluding carboxylic acids is 2. The van der Waals surface area contributed by atoms with Crippen molar-refractivity contribution < 1.29 is 19.1 Å². The molecule has 4 aliphatic rings. The van der Waals surface area contributed by atoms with E-state index in [9.17, 15) is 9.59 Å². The number of likely N-dealkylation sites (tertiary alicyclic amines) is 1. The predicted octanol–water partition coefficient (Wildman–Crippen LogP) is 3.39. The molecule has 4 heterocycles. The topological polar surface area (TPSA) is 59.1 Å². The van der Waals surface area contributed by atoms with Crippen LogP contribution in [-0.2, 0) is 9.53 Å². The van der Waals surface area contributed by atoms with E-state index in [2.05, 4.69) is 4.90 Å². The second-order valence-corrected chi connectivity index (χ2v) is 8.92. The fourth-order valence-corrected chi connectivity index (χ4v) is 4.88. The molecule has 0 saturated carbocycles. The zero-order chi connectivity index (χ0) is 20.3. The van der Waals surface area contributed by atoms with Gasteiger partial charge in [0, 0.05) is 30.5 Å². The summed E-state index contributed by atoms with van der Waals surface area (Å²) in [6, 6.07) is 7.59. The number of benzene rings is 1. The van der Waals surface area contributed by atoms with Crippen LogP contribution in [0, 0.1) is 11.3 Å². The highest BCUT2D eigenvalue weighted by Gasteiger charge is 2.39. The van der Waals surface area contributed by atoms with Gasteiger partial charge >= 0.3 is 5.97 Å². The maximum Gasteiger partial charge on any atom is 0.305 e. The van der Waals surface area contributed by atoms with Crippen molar-refractivity contribution in [3.63, 3.8) is 0 Å². The molecule has 4 aliphatic heterocycles. The van der Waals surface area contributed by atoms with Gasteiger partial charge in [0.15, 0.2) is 0 Å². The third-order valence-electron chi connectivity index (χ3n) is 7.11. The first-order valence-corrected chi connectivity index (χ1v) is 10.9. The number of esters is 1. The van der Waals surface area contributed by atoms with E-state index in [1.54, 1.807) is 0 Å². The summed E-state index contributed by atoms with van der Waals surface area (Å²) in [5, 5.41) is 0. The highest BCUT2D eigenvalue weighted by molar-refractivity contribution is 5.94. The molecular weight excluding hydrogens is 404 g/mol. The zero-order valence-corrected chi connectivity index (χ0v) is 18.6. The third kappa shape index (κ3) is 5.27. The largest absolute Gasteiger partial charge is 0.493 e. The van der Waals surface area contributed by atoms with E-state index in [0.29, 0.717) is 36.4 Å². The molecule has 0 aromatic heterocycles. The van der Waals surface area contributed by atoms with Crippen LogP contribution >= 0.6 is 12.4 Å². The Labute approximate surface area is 185 Å². The number of rotatable bonds is 6. The first-order valence-electron chi connectivity index (χ1n) is 10.9. The van der Waals surface area contributed by atoms with Crippen LogP contribution in [-0.4, -0.2) is 68.1 Å². The third-order valence-corrected chi connectivity index (χ3v) is 7.11. The number of nitrogens with zero attached hydrogens (tertiary/aromatic N) is 2. The van der Waals surface area contributed by atoms with Crippen LogP contribution in [0.3, 0.4) is 0 Å². The molecule has 30 heavy (non-hydrogen) atoms. The molecule has 1 aromatic rings. The number of methoxy groups -OCH3 is 1. The lowest BCUT2D eigenvalue weighted by atomic mass is 9.73. The molecule has 4 saturated heterocycles.